The van der Waals surface area contributed by atoms with Gasteiger partial charge in [-0.05, 0) is 58.4 Å². The molecule has 3 atom stereocenters. The highest BCUT2D eigenvalue weighted by Gasteiger charge is 2.40. The van der Waals surface area contributed by atoms with Crippen LogP contribution in [0.3, 0.4) is 0 Å². The van der Waals surface area contributed by atoms with Gasteiger partial charge in [0.25, 0.3) is 0 Å². The van der Waals surface area contributed by atoms with Crippen molar-refractivity contribution in [2.75, 3.05) is 6.54 Å². The summed E-state index contributed by atoms with van der Waals surface area (Å²) in [5.74, 6) is 0.465. The number of hydrogen-bond acceptors (Lipinski definition) is 3. The van der Waals surface area contributed by atoms with Gasteiger partial charge in [0.2, 0.25) is 5.91 Å². The molecule has 3 N–H and O–H groups in total. The normalized spacial score (nSPS) is 28.6. The van der Waals surface area contributed by atoms with Crippen LogP contribution in [0.1, 0.15) is 59.8 Å². The monoisotopic (exact) mass is 281 g/mol. The molecule has 3 unspecified atom stereocenters. The van der Waals surface area contributed by atoms with Gasteiger partial charge in [0.1, 0.15) is 0 Å². The molecule has 1 saturated heterocycles. The highest BCUT2D eigenvalue weighted by Crippen LogP contribution is 2.30. The van der Waals surface area contributed by atoms with Gasteiger partial charge in [-0.1, -0.05) is 13.8 Å². The number of likely N-dealkylation sites (tertiary alicyclic amines) is 1. The highest BCUT2D eigenvalue weighted by molar-refractivity contribution is 5.84. The molecule has 1 aliphatic carbocycles. The van der Waals surface area contributed by atoms with Crippen molar-refractivity contribution in [3.05, 3.63) is 0 Å². The molecule has 1 saturated carbocycles. The third kappa shape index (κ3) is 3.53. The average molecular weight is 281 g/mol. The van der Waals surface area contributed by atoms with Crippen LogP contribution in [0.2, 0.25) is 0 Å². The van der Waals surface area contributed by atoms with E-state index in [1.807, 2.05) is 6.92 Å². The lowest BCUT2D eigenvalue weighted by Gasteiger charge is -2.38. The summed E-state index contributed by atoms with van der Waals surface area (Å²) in [5.41, 5.74) is 5.10. The van der Waals surface area contributed by atoms with Gasteiger partial charge >= 0.3 is 0 Å². The van der Waals surface area contributed by atoms with Crippen LogP contribution in [0.5, 0.6) is 0 Å². The number of primary amides is 1. The van der Waals surface area contributed by atoms with Gasteiger partial charge in [-0.15, -0.1) is 0 Å². The first-order chi connectivity index (χ1) is 9.33. The van der Waals surface area contributed by atoms with Crippen molar-refractivity contribution >= 4 is 5.91 Å². The van der Waals surface area contributed by atoms with Crippen LogP contribution in [0.25, 0.3) is 0 Å². The van der Waals surface area contributed by atoms with E-state index in [-0.39, 0.29) is 5.91 Å². The quantitative estimate of drug-likeness (QED) is 0.749. The van der Waals surface area contributed by atoms with Crippen molar-refractivity contribution in [2.24, 2.45) is 11.7 Å². The number of nitrogens with two attached hydrogens (primary N) is 1. The lowest BCUT2D eigenvalue weighted by molar-refractivity contribution is -0.124. The number of nitrogens with zero attached hydrogens (tertiary/aromatic N) is 1. The zero-order chi connectivity index (χ0) is 14.9. The highest BCUT2D eigenvalue weighted by atomic mass is 16.1. The first kappa shape index (κ1) is 15.8. The lowest BCUT2D eigenvalue weighted by Crippen LogP contribution is -2.57. The Morgan fingerprint density at radius 1 is 1.35 bits per heavy atom. The summed E-state index contributed by atoms with van der Waals surface area (Å²) < 4.78 is 0. The minimum Gasteiger partial charge on any atom is -0.368 e. The predicted octanol–water partition coefficient (Wildman–Crippen LogP) is 1.88. The van der Waals surface area contributed by atoms with E-state index in [0.29, 0.717) is 24.0 Å². The molecular formula is C16H31N3O. The van der Waals surface area contributed by atoms with Gasteiger partial charge in [-0.3, -0.25) is 9.69 Å². The SMILES string of the molecule is CC(C)C1CCCN1C(C)CC(C)(NC1CC1)C(N)=O. The Morgan fingerprint density at radius 3 is 2.50 bits per heavy atom. The molecule has 0 bridgehead atoms. The van der Waals surface area contributed by atoms with E-state index in [4.69, 9.17) is 5.73 Å². The minimum atomic E-state index is -0.565. The van der Waals surface area contributed by atoms with E-state index < -0.39 is 5.54 Å². The van der Waals surface area contributed by atoms with Crippen LogP contribution in [0.15, 0.2) is 0 Å². The second kappa shape index (κ2) is 6.02. The Bertz CT molecular complexity index is 354. The first-order valence-electron chi connectivity index (χ1n) is 8.17. The summed E-state index contributed by atoms with van der Waals surface area (Å²) in [6.07, 6.45) is 5.72. The maximum Gasteiger partial charge on any atom is 0.237 e. The molecule has 0 aromatic heterocycles. The van der Waals surface area contributed by atoms with E-state index in [9.17, 15) is 4.79 Å². The van der Waals surface area contributed by atoms with Crippen LogP contribution in [-0.2, 0) is 4.79 Å². The average Bonchev–Trinajstić information content (AvgIpc) is 3.01. The number of nitrogens with one attached hydrogen (secondary N) is 1. The maximum atomic E-state index is 11.9. The van der Waals surface area contributed by atoms with Gasteiger partial charge in [0.15, 0.2) is 0 Å². The van der Waals surface area contributed by atoms with Crippen molar-refractivity contribution < 1.29 is 4.79 Å². The Balaban J connectivity index is 2.00. The largest absolute Gasteiger partial charge is 0.368 e. The van der Waals surface area contributed by atoms with Gasteiger partial charge in [0.05, 0.1) is 5.54 Å². The predicted molar refractivity (Wildman–Crippen MR) is 82.4 cm³/mol. The van der Waals surface area contributed by atoms with Gasteiger partial charge in [-0.25, -0.2) is 0 Å². The van der Waals surface area contributed by atoms with E-state index >= 15 is 0 Å². The van der Waals surface area contributed by atoms with Gasteiger partial charge in [0, 0.05) is 18.1 Å². The molecule has 0 radical (unpaired) electrons. The minimum absolute atomic E-state index is 0.212. The Labute approximate surface area is 123 Å². The summed E-state index contributed by atoms with van der Waals surface area (Å²) in [5, 5.41) is 3.46. The molecule has 1 heterocycles. The molecule has 4 heteroatoms. The summed E-state index contributed by atoms with van der Waals surface area (Å²) in [6.45, 7) is 9.97. The van der Waals surface area contributed by atoms with E-state index in [1.165, 1.54) is 25.7 Å². The van der Waals surface area contributed by atoms with Crippen molar-refractivity contribution in [2.45, 2.75) is 83.5 Å². The number of amides is 1. The molecule has 0 aromatic carbocycles. The van der Waals surface area contributed by atoms with E-state index in [1.54, 1.807) is 0 Å². The fraction of sp³-hybridized carbons (Fsp3) is 0.938. The maximum absolute atomic E-state index is 11.9. The fourth-order valence-electron chi connectivity index (χ4n) is 3.70. The summed E-state index contributed by atoms with van der Waals surface area (Å²) in [6, 6.07) is 1.55. The molecule has 0 aromatic rings. The molecule has 0 spiro atoms. The van der Waals surface area contributed by atoms with Crippen molar-refractivity contribution in [3.63, 3.8) is 0 Å². The van der Waals surface area contributed by atoms with Gasteiger partial charge in [-0.2, -0.15) is 0 Å². The topological polar surface area (TPSA) is 58.4 Å². The zero-order valence-corrected chi connectivity index (χ0v) is 13.5. The van der Waals surface area contributed by atoms with E-state index in [2.05, 4.69) is 31.0 Å². The molecular weight excluding hydrogens is 250 g/mol. The summed E-state index contributed by atoms with van der Waals surface area (Å²) in [7, 11) is 0. The molecule has 20 heavy (non-hydrogen) atoms. The molecule has 1 aliphatic heterocycles. The standard InChI is InChI=1S/C16H31N3O/c1-11(2)14-6-5-9-19(14)12(3)10-16(4,15(17)20)18-13-7-8-13/h11-14,18H,5-10H2,1-4H3,(H2,17,20). The Hall–Kier alpha value is -0.610. The number of carbonyl (C=O) groups excluding carboxylic acids is 1. The Morgan fingerprint density at radius 2 is 2.00 bits per heavy atom. The summed E-state index contributed by atoms with van der Waals surface area (Å²) in [4.78, 5) is 14.5. The molecule has 4 nitrogen and oxygen atoms in total. The molecule has 2 aliphatic rings. The first-order valence-corrected chi connectivity index (χ1v) is 8.17. The van der Waals surface area contributed by atoms with Crippen LogP contribution < -0.4 is 11.1 Å². The van der Waals surface area contributed by atoms with Crippen LogP contribution in [0.4, 0.5) is 0 Å². The zero-order valence-electron chi connectivity index (χ0n) is 13.5. The molecule has 1 amide bonds. The van der Waals surface area contributed by atoms with Crippen LogP contribution in [0, 0.1) is 5.92 Å². The van der Waals surface area contributed by atoms with Crippen molar-refractivity contribution in [3.8, 4) is 0 Å². The summed E-state index contributed by atoms with van der Waals surface area (Å²) >= 11 is 0. The third-order valence-electron chi connectivity index (χ3n) is 5.03. The molecule has 2 fully saturated rings. The number of hydrogen-bond donors (Lipinski definition) is 2. The lowest BCUT2D eigenvalue weighted by atomic mass is 9.90. The van der Waals surface area contributed by atoms with Crippen LogP contribution in [-0.4, -0.2) is 41.0 Å². The fourth-order valence-corrected chi connectivity index (χ4v) is 3.70. The molecule has 2 rings (SSSR count). The van der Waals surface area contributed by atoms with Crippen LogP contribution >= 0.6 is 0 Å². The number of rotatable bonds is 7. The second-order valence-corrected chi connectivity index (χ2v) is 7.36. The third-order valence-corrected chi connectivity index (χ3v) is 5.03. The Kier molecular flexibility index (Phi) is 4.75. The second-order valence-electron chi connectivity index (χ2n) is 7.36. The van der Waals surface area contributed by atoms with Gasteiger partial charge < -0.3 is 11.1 Å². The van der Waals surface area contributed by atoms with Crippen molar-refractivity contribution in [1.82, 2.24) is 10.2 Å². The molecule has 116 valence electrons. The smallest absolute Gasteiger partial charge is 0.237 e. The van der Waals surface area contributed by atoms with E-state index in [0.717, 1.165) is 13.0 Å². The van der Waals surface area contributed by atoms with Crippen molar-refractivity contribution in [1.29, 1.82) is 0 Å². The number of carbonyl (C=O) groups is 1.